The number of likely N-dealkylation sites (tertiary alicyclic amines) is 1. The minimum absolute atomic E-state index is 0.00143. The predicted molar refractivity (Wildman–Crippen MR) is 68.5 cm³/mol. The monoisotopic (exact) mass is 237 g/mol. The van der Waals surface area contributed by atoms with Gasteiger partial charge >= 0.3 is 0 Å². The number of amides is 1. The minimum Gasteiger partial charge on any atom is -0.338 e. The molecule has 0 unspecified atom stereocenters. The standard InChI is InChI=1S/C13H23N3O/c1-5-11(17)15(4)10-6-9-7-16(8(2)3)13(10)12(9)14/h5,8-10,12-13H,1,6-7,14H2,2-4H3/t9-,10+,12-,13-/m1/s1. The number of piperidine rings is 1. The molecule has 2 N–H and O–H groups in total. The summed E-state index contributed by atoms with van der Waals surface area (Å²) in [5.41, 5.74) is 6.28. The van der Waals surface area contributed by atoms with Gasteiger partial charge in [-0.3, -0.25) is 9.69 Å². The molecule has 0 aromatic heterocycles. The Kier molecular flexibility index (Phi) is 3.27. The van der Waals surface area contributed by atoms with Crippen molar-refractivity contribution in [1.82, 2.24) is 9.80 Å². The van der Waals surface area contributed by atoms with Gasteiger partial charge in [0, 0.05) is 37.8 Å². The summed E-state index contributed by atoms with van der Waals surface area (Å²) in [7, 11) is 1.86. The normalized spacial score (nSPS) is 36.5. The molecule has 0 spiro atoms. The largest absolute Gasteiger partial charge is 0.338 e. The fraction of sp³-hybridized carbons (Fsp3) is 0.769. The zero-order valence-corrected chi connectivity index (χ0v) is 11.0. The number of nitrogens with zero attached hydrogens (tertiary/aromatic N) is 2. The van der Waals surface area contributed by atoms with E-state index in [1.165, 1.54) is 6.08 Å². The van der Waals surface area contributed by atoms with Crippen LogP contribution >= 0.6 is 0 Å². The first kappa shape index (κ1) is 12.6. The van der Waals surface area contributed by atoms with Crippen LogP contribution in [-0.4, -0.2) is 53.5 Å². The fourth-order valence-electron chi connectivity index (χ4n) is 3.42. The van der Waals surface area contributed by atoms with Gasteiger partial charge in [0.05, 0.1) is 0 Å². The summed E-state index contributed by atoms with van der Waals surface area (Å²) in [5.74, 6) is 0.533. The van der Waals surface area contributed by atoms with Crippen LogP contribution in [0, 0.1) is 5.92 Å². The Morgan fingerprint density at radius 3 is 2.71 bits per heavy atom. The molecule has 0 aromatic rings. The topological polar surface area (TPSA) is 49.6 Å². The fourth-order valence-corrected chi connectivity index (χ4v) is 3.42. The Balaban J connectivity index is 2.16. The highest BCUT2D eigenvalue weighted by Gasteiger charge is 2.53. The second-order valence-corrected chi connectivity index (χ2v) is 5.57. The third-order valence-electron chi connectivity index (χ3n) is 4.39. The number of fused-ring (bicyclic) bond motifs is 2. The number of hydrogen-bond acceptors (Lipinski definition) is 3. The Morgan fingerprint density at radius 1 is 1.59 bits per heavy atom. The average molecular weight is 237 g/mol. The van der Waals surface area contributed by atoms with Gasteiger partial charge in [0.15, 0.2) is 0 Å². The summed E-state index contributed by atoms with van der Waals surface area (Å²) < 4.78 is 0. The molecule has 0 aromatic carbocycles. The van der Waals surface area contributed by atoms with Crippen molar-refractivity contribution in [2.45, 2.75) is 44.4 Å². The third kappa shape index (κ3) is 1.89. The zero-order chi connectivity index (χ0) is 12.7. The summed E-state index contributed by atoms with van der Waals surface area (Å²) in [6, 6.07) is 1.26. The maximum absolute atomic E-state index is 11.7. The van der Waals surface area contributed by atoms with E-state index in [1.807, 2.05) is 11.9 Å². The number of rotatable bonds is 3. The van der Waals surface area contributed by atoms with Gasteiger partial charge < -0.3 is 10.6 Å². The Bertz CT molecular complexity index is 329. The molecule has 1 heterocycles. The first-order valence-electron chi connectivity index (χ1n) is 6.38. The van der Waals surface area contributed by atoms with E-state index < -0.39 is 0 Å². The first-order chi connectivity index (χ1) is 7.97. The van der Waals surface area contributed by atoms with Crippen LogP contribution in [0.25, 0.3) is 0 Å². The molecule has 2 fully saturated rings. The second kappa shape index (κ2) is 4.42. The summed E-state index contributed by atoms with van der Waals surface area (Å²) in [6.45, 7) is 9.02. The van der Waals surface area contributed by atoms with Crippen molar-refractivity contribution in [2.75, 3.05) is 13.6 Å². The molecule has 4 heteroatoms. The highest BCUT2D eigenvalue weighted by Crippen LogP contribution is 2.40. The van der Waals surface area contributed by atoms with Crippen LogP contribution in [0.1, 0.15) is 20.3 Å². The Labute approximate surface area is 103 Å². The maximum Gasteiger partial charge on any atom is 0.246 e. The predicted octanol–water partition coefficient (Wildman–Crippen LogP) is 0.439. The highest BCUT2D eigenvalue weighted by atomic mass is 16.2. The lowest BCUT2D eigenvalue weighted by Gasteiger charge is -2.40. The molecule has 1 saturated heterocycles. The van der Waals surface area contributed by atoms with Crippen molar-refractivity contribution in [2.24, 2.45) is 11.7 Å². The average Bonchev–Trinajstić information content (AvgIpc) is 2.80. The van der Waals surface area contributed by atoms with Crippen LogP contribution in [0.2, 0.25) is 0 Å². The molecule has 17 heavy (non-hydrogen) atoms. The molecule has 4 atom stereocenters. The number of hydrogen-bond donors (Lipinski definition) is 1. The van der Waals surface area contributed by atoms with Crippen molar-refractivity contribution in [3.8, 4) is 0 Å². The van der Waals surface area contributed by atoms with Gasteiger partial charge in [0.25, 0.3) is 0 Å². The van der Waals surface area contributed by atoms with Crippen molar-refractivity contribution >= 4 is 5.91 Å². The van der Waals surface area contributed by atoms with E-state index in [-0.39, 0.29) is 18.0 Å². The van der Waals surface area contributed by atoms with Gasteiger partial charge in [-0.25, -0.2) is 0 Å². The molecule has 96 valence electrons. The molecular formula is C13H23N3O. The van der Waals surface area contributed by atoms with Gasteiger partial charge in [-0.15, -0.1) is 0 Å². The van der Waals surface area contributed by atoms with Gasteiger partial charge in [0.1, 0.15) is 0 Å². The molecule has 0 radical (unpaired) electrons. The van der Waals surface area contributed by atoms with Crippen LogP contribution in [0.15, 0.2) is 12.7 Å². The lowest BCUT2D eigenvalue weighted by atomic mass is 10.0. The Morgan fingerprint density at radius 2 is 2.24 bits per heavy atom. The van der Waals surface area contributed by atoms with Crippen LogP contribution < -0.4 is 5.73 Å². The zero-order valence-electron chi connectivity index (χ0n) is 11.0. The molecule has 4 nitrogen and oxygen atoms in total. The second-order valence-electron chi connectivity index (χ2n) is 5.57. The van der Waals surface area contributed by atoms with Crippen molar-refractivity contribution in [1.29, 1.82) is 0 Å². The molecular weight excluding hydrogens is 214 g/mol. The number of carbonyl (C=O) groups excluding carboxylic acids is 1. The molecule has 1 amide bonds. The minimum atomic E-state index is -0.00143. The van der Waals surface area contributed by atoms with Crippen molar-refractivity contribution < 1.29 is 4.79 Å². The van der Waals surface area contributed by atoms with E-state index >= 15 is 0 Å². The summed E-state index contributed by atoms with van der Waals surface area (Å²) in [4.78, 5) is 16.0. The van der Waals surface area contributed by atoms with Crippen molar-refractivity contribution in [3.63, 3.8) is 0 Å². The van der Waals surface area contributed by atoms with Crippen molar-refractivity contribution in [3.05, 3.63) is 12.7 Å². The highest BCUT2D eigenvalue weighted by molar-refractivity contribution is 5.87. The third-order valence-corrected chi connectivity index (χ3v) is 4.39. The van der Waals surface area contributed by atoms with Crippen LogP contribution in [0.3, 0.4) is 0 Å². The van der Waals surface area contributed by atoms with Gasteiger partial charge in [0.2, 0.25) is 5.91 Å². The molecule has 2 aliphatic rings. The molecule has 1 saturated carbocycles. The van der Waals surface area contributed by atoms with E-state index in [0.29, 0.717) is 18.0 Å². The molecule has 1 aliphatic heterocycles. The smallest absolute Gasteiger partial charge is 0.246 e. The van der Waals surface area contributed by atoms with Crippen LogP contribution in [0.5, 0.6) is 0 Å². The number of nitrogens with two attached hydrogens (primary N) is 1. The molecule has 2 bridgehead atoms. The molecule has 2 rings (SSSR count). The lowest BCUT2D eigenvalue weighted by molar-refractivity contribution is -0.128. The number of likely N-dealkylation sites (N-methyl/N-ethyl adjacent to an activating group) is 1. The summed E-state index contributed by atoms with van der Waals surface area (Å²) >= 11 is 0. The van der Waals surface area contributed by atoms with E-state index in [9.17, 15) is 4.79 Å². The first-order valence-corrected chi connectivity index (χ1v) is 6.38. The molecule has 1 aliphatic carbocycles. The SMILES string of the molecule is C=CC(=O)N(C)[C@H]1C[C@@H]2CN(C(C)C)[C@H]1[C@@H]2N. The summed E-state index contributed by atoms with van der Waals surface area (Å²) in [6.07, 6.45) is 2.42. The summed E-state index contributed by atoms with van der Waals surface area (Å²) in [5, 5.41) is 0. The van der Waals surface area contributed by atoms with Crippen LogP contribution in [0.4, 0.5) is 0 Å². The van der Waals surface area contributed by atoms with E-state index in [4.69, 9.17) is 5.73 Å². The van der Waals surface area contributed by atoms with Crippen LogP contribution in [-0.2, 0) is 4.79 Å². The van der Waals surface area contributed by atoms with Gasteiger partial charge in [-0.2, -0.15) is 0 Å². The van der Waals surface area contributed by atoms with Gasteiger partial charge in [-0.05, 0) is 32.3 Å². The number of carbonyl (C=O) groups is 1. The van der Waals surface area contributed by atoms with Gasteiger partial charge in [-0.1, -0.05) is 6.58 Å². The van der Waals surface area contributed by atoms with E-state index in [0.717, 1.165) is 13.0 Å². The lowest BCUT2D eigenvalue weighted by Crippen LogP contribution is -2.54. The quantitative estimate of drug-likeness (QED) is 0.725. The maximum atomic E-state index is 11.7. The van der Waals surface area contributed by atoms with E-state index in [1.54, 1.807) is 0 Å². The van der Waals surface area contributed by atoms with E-state index in [2.05, 4.69) is 25.3 Å². The Hall–Kier alpha value is -0.870.